The van der Waals surface area contributed by atoms with Gasteiger partial charge in [-0.3, -0.25) is 4.99 Å². The number of hydrogen-bond donors (Lipinski definition) is 1. The quantitative estimate of drug-likeness (QED) is 0.184. The van der Waals surface area contributed by atoms with Gasteiger partial charge in [0.2, 0.25) is 10.0 Å². The van der Waals surface area contributed by atoms with Gasteiger partial charge in [-0.05, 0) is 31.6 Å². The molecule has 0 aliphatic carbocycles. The van der Waals surface area contributed by atoms with Gasteiger partial charge in [0.25, 0.3) is 0 Å². The zero-order valence-electron chi connectivity index (χ0n) is 15.2. The van der Waals surface area contributed by atoms with Crippen LogP contribution >= 0.6 is 24.0 Å². The molecule has 1 unspecified atom stereocenters. The van der Waals surface area contributed by atoms with Gasteiger partial charge in [0.15, 0.2) is 5.96 Å². The molecular weight excluding hydrogens is 439 g/mol. The smallest absolute Gasteiger partial charge is 0.211 e. The molecule has 1 aliphatic rings. The lowest BCUT2D eigenvalue weighted by molar-refractivity contribution is 0.435. The lowest BCUT2D eigenvalue weighted by Gasteiger charge is -2.23. The Morgan fingerprint density at radius 2 is 2.12 bits per heavy atom. The zero-order valence-corrected chi connectivity index (χ0v) is 18.3. The van der Waals surface area contributed by atoms with Gasteiger partial charge in [0, 0.05) is 40.3 Å². The van der Waals surface area contributed by atoms with Gasteiger partial charge in [0.05, 0.1) is 6.26 Å². The van der Waals surface area contributed by atoms with Gasteiger partial charge in [-0.1, -0.05) is 12.5 Å². The summed E-state index contributed by atoms with van der Waals surface area (Å²) in [6, 6.07) is 0. The molecule has 8 heteroatoms. The molecule has 0 aromatic carbocycles. The van der Waals surface area contributed by atoms with Crippen LogP contribution in [-0.2, 0) is 10.0 Å². The van der Waals surface area contributed by atoms with Gasteiger partial charge in [-0.15, -0.1) is 30.6 Å². The Morgan fingerprint density at radius 3 is 2.67 bits per heavy atom. The molecule has 0 aromatic heterocycles. The standard InChI is InChI=1S/C16H32N4O2S.HI/c1-5-6-7-8-9-11-19(3)16(17-2)18-13-15-10-12-20(14-15)23(4,21)22;/h5,15H,1,6-14H2,2-4H3,(H,17,18);1H. The second-order valence-corrected chi connectivity index (χ2v) is 8.25. The molecule has 1 saturated heterocycles. The topological polar surface area (TPSA) is 65.0 Å². The average Bonchev–Trinajstić information content (AvgIpc) is 2.96. The van der Waals surface area contributed by atoms with Crippen molar-refractivity contribution in [2.75, 3.05) is 46.5 Å². The molecule has 1 aliphatic heterocycles. The number of aliphatic imine (C=N–C) groups is 1. The van der Waals surface area contributed by atoms with E-state index in [0.717, 1.165) is 38.3 Å². The normalized spacial score (nSPS) is 19.0. The largest absolute Gasteiger partial charge is 0.356 e. The first-order chi connectivity index (χ1) is 10.9. The predicted octanol–water partition coefficient (Wildman–Crippen LogP) is 2.14. The van der Waals surface area contributed by atoms with Crippen molar-refractivity contribution < 1.29 is 8.42 Å². The van der Waals surface area contributed by atoms with E-state index in [2.05, 4.69) is 21.8 Å². The molecule has 0 amide bonds. The summed E-state index contributed by atoms with van der Waals surface area (Å²) in [5.74, 6) is 1.23. The first kappa shape index (κ1) is 23.6. The minimum absolute atomic E-state index is 0. The number of rotatable bonds is 9. The van der Waals surface area contributed by atoms with Crippen molar-refractivity contribution in [1.82, 2.24) is 14.5 Å². The van der Waals surface area contributed by atoms with Crippen LogP contribution < -0.4 is 5.32 Å². The molecule has 1 fully saturated rings. The van der Waals surface area contributed by atoms with E-state index >= 15 is 0 Å². The molecule has 1 heterocycles. The van der Waals surface area contributed by atoms with Gasteiger partial charge >= 0.3 is 0 Å². The fourth-order valence-electron chi connectivity index (χ4n) is 2.81. The zero-order chi connectivity index (χ0) is 17.3. The van der Waals surface area contributed by atoms with E-state index in [9.17, 15) is 8.42 Å². The van der Waals surface area contributed by atoms with Crippen LogP contribution in [0.2, 0.25) is 0 Å². The number of guanidine groups is 1. The number of nitrogens with one attached hydrogen (secondary N) is 1. The van der Waals surface area contributed by atoms with Crippen LogP contribution in [0.15, 0.2) is 17.6 Å². The minimum Gasteiger partial charge on any atom is -0.356 e. The number of allylic oxidation sites excluding steroid dienone is 1. The van der Waals surface area contributed by atoms with Gasteiger partial charge < -0.3 is 10.2 Å². The third kappa shape index (κ3) is 8.66. The second kappa shape index (κ2) is 12.1. The van der Waals surface area contributed by atoms with Crippen molar-refractivity contribution in [2.24, 2.45) is 10.9 Å². The van der Waals surface area contributed by atoms with Gasteiger partial charge in [-0.2, -0.15) is 0 Å². The Bertz CT molecular complexity index is 496. The van der Waals surface area contributed by atoms with E-state index < -0.39 is 10.0 Å². The molecule has 0 aromatic rings. The first-order valence-electron chi connectivity index (χ1n) is 8.36. The molecule has 142 valence electrons. The number of unbranched alkanes of at least 4 members (excludes halogenated alkanes) is 3. The summed E-state index contributed by atoms with van der Waals surface area (Å²) >= 11 is 0. The highest BCUT2D eigenvalue weighted by Crippen LogP contribution is 2.17. The summed E-state index contributed by atoms with van der Waals surface area (Å²) in [7, 11) is 0.770. The van der Waals surface area contributed by atoms with E-state index in [1.165, 1.54) is 19.1 Å². The van der Waals surface area contributed by atoms with Gasteiger partial charge in [0.1, 0.15) is 0 Å². The monoisotopic (exact) mass is 472 g/mol. The Labute approximate surface area is 164 Å². The maximum Gasteiger partial charge on any atom is 0.211 e. The number of hydrogen-bond acceptors (Lipinski definition) is 3. The van der Waals surface area contributed by atoms with Crippen molar-refractivity contribution in [3.63, 3.8) is 0 Å². The molecule has 0 radical (unpaired) electrons. The molecular formula is C16H33IN4O2S. The van der Waals surface area contributed by atoms with Gasteiger partial charge in [-0.25, -0.2) is 12.7 Å². The lowest BCUT2D eigenvalue weighted by atomic mass is 10.1. The van der Waals surface area contributed by atoms with E-state index in [1.807, 2.05) is 13.1 Å². The molecule has 0 bridgehead atoms. The van der Waals surface area contributed by atoms with E-state index in [4.69, 9.17) is 0 Å². The highest BCUT2D eigenvalue weighted by molar-refractivity contribution is 14.0. The highest BCUT2D eigenvalue weighted by Gasteiger charge is 2.28. The van der Waals surface area contributed by atoms with Crippen LogP contribution in [0.3, 0.4) is 0 Å². The Balaban J connectivity index is 0.00000529. The average molecular weight is 472 g/mol. The summed E-state index contributed by atoms with van der Waals surface area (Å²) < 4.78 is 24.6. The van der Waals surface area contributed by atoms with Crippen LogP contribution in [-0.4, -0.2) is 70.1 Å². The second-order valence-electron chi connectivity index (χ2n) is 6.26. The maximum absolute atomic E-state index is 11.5. The van der Waals surface area contributed by atoms with Crippen LogP contribution in [0.25, 0.3) is 0 Å². The van der Waals surface area contributed by atoms with Crippen LogP contribution in [0.4, 0.5) is 0 Å². The highest BCUT2D eigenvalue weighted by atomic mass is 127. The summed E-state index contributed by atoms with van der Waals surface area (Å²) in [6.45, 7) is 6.70. The summed E-state index contributed by atoms with van der Waals surface area (Å²) in [5, 5.41) is 3.37. The number of sulfonamides is 1. The summed E-state index contributed by atoms with van der Waals surface area (Å²) in [6.07, 6.45) is 8.74. The minimum atomic E-state index is -3.06. The van der Waals surface area contributed by atoms with Crippen molar-refractivity contribution >= 4 is 40.0 Å². The third-order valence-corrected chi connectivity index (χ3v) is 5.51. The molecule has 0 saturated carbocycles. The van der Waals surface area contributed by atoms with E-state index in [1.54, 1.807) is 11.4 Å². The number of halogens is 1. The molecule has 1 atom stereocenters. The molecule has 6 nitrogen and oxygen atoms in total. The Morgan fingerprint density at radius 1 is 1.42 bits per heavy atom. The fourth-order valence-corrected chi connectivity index (χ4v) is 3.72. The van der Waals surface area contributed by atoms with Crippen LogP contribution in [0.5, 0.6) is 0 Å². The SMILES string of the molecule is C=CCCCCCN(C)C(=NC)NCC1CCN(S(C)(=O)=O)C1.I. The predicted molar refractivity (Wildman–Crippen MR) is 113 cm³/mol. The molecule has 1 N–H and O–H groups in total. The third-order valence-electron chi connectivity index (χ3n) is 4.24. The molecule has 1 rings (SSSR count). The van der Waals surface area contributed by atoms with Crippen LogP contribution in [0.1, 0.15) is 32.1 Å². The van der Waals surface area contributed by atoms with Crippen molar-refractivity contribution in [3.05, 3.63) is 12.7 Å². The van der Waals surface area contributed by atoms with E-state index in [0.29, 0.717) is 19.0 Å². The Kier molecular flexibility index (Phi) is 11.9. The van der Waals surface area contributed by atoms with Crippen molar-refractivity contribution in [3.8, 4) is 0 Å². The molecule has 24 heavy (non-hydrogen) atoms. The molecule has 0 spiro atoms. The first-order valence-corrected chi connectivity index (χ1v) is 10.2. The van der Waals surface area contributed by atoms with Crippen molar-refractivity contribution in [1.29, 1.82) is 0 Å². The fraction of sp³-hybridized carbons (Fsp3) is 0.812. The number of nitrogens with zero attached hydrogens (tertiary/aromatic N) is 3. The van der Waals surface area contributed by atoms with Crippen molar-refractivity contribution in [2.45, 2.75) is 32.1 Å². The maximum atomic E-state index is 11.5. The van der Waals surface area contributed by atoms with Crippen LogP contribution in [0, 0.1) is 5.92 Å². The summed E-state index contributed by atoms with van der Waals surface area (Å²) in [5.41, 5.74) is 0. The van der Waals surface area contributed by atoms with E-state index in [-0.39, 0.29) is 24.0 Å². The summed E-state index contributed by atoms with van der Waals surface area (Å²) in [4.78, 5) is 6.45. The Hall–Kier alpha value is -0.350. The lowest BCUT2D eigenvalue weighted by Crippen LogP contribution is -2.42.